The number of rotatable bonds is 7. The van der Waals surface area contributed by atoms with E-state index in [9.17, 15) is 0 Å². The lowest BCUT2D eigenvalue weighted by Crippen LogP contribution is -2.08. The van der Waals surface area contributed by atoms with Gasteiger partial charge in [0.2, 0.25) is 5.95 Å². The highest BCUT2D eigenvalue weighted by Crippen LogP contribution is 2.26. The molecule has 2 aromatic carbocycles. The molecule has 0 radical (unpaired) electrons. The Kier molecular flexibility index (Phi) is 5.73. The summed E-state index contributed by atoms with van der Waals surface area (Å²) < 4.78 is 7.53. The first kappa shape index (κ1) is 17.5. The smallest absolute Gasteiger partial charge is 0.243 e. The van der Waals surface area contributed by atoms with Gasteiger partial charge in [0.05, 0.1) is 0 Å². The molecule has 0 fully saturated rings. The van der Waals surface area contributed by atoms with Crippen LogP contribution in [0.15, 0.2) is 42.5 Å². The van der Waals surface area contributed by atoms with E-state index >= 15 is 0 Å². The van der Waals surface area contributed by atoms with Crippen LogP contribution in [0.4, 0.5) is 5.95 Å². The van der Waals surface area contributed by atoms with Crippen molar-refractivity contribution in [3.8, 4) is 5.75 Å². The first-order valence-corrected chi connectivity index (χ1v) is 8.57. The highest BCUT2D eigenvalue weighted by atomic mass is 35.5. The summed E-state index contributed by atoms with van der Waals surface area (Å²) in [5.74, 6) is 1.38. The van der Waals surface area contributed by atoms with Gasteiger partial charge < -0.3 is 10.1 Å². The van der Waals surface area contributed by atoms with Crippen LogP contribution in [-0.4, -0.2) is 20.2 Å². The highest BCUT2D eigenvalue weighted by Gasteiger charge is 2.07. The Hall–Kier alpha value is -2.31. The van der Waals surface area contributed by atoms with E-state index in [4.69, 9.17) is 27.9 Å². The average molecular weight is 378 g/mol. The largest absolute Gasteiger partial charge is 0.489 e. The standard InChI is InChI=1S/C17H17Cl2N5O/c1-2-24-17(21-22-23-24)20-10-12-5-3-6-13(9-12)25-11-14-15(18)7-4-8-16(14)19/h3-9H,2,10-11H2,1H3,(H,20,21,23). The van der Waals surface area contributed by atoms with E-state index in [2.05, 4.69) is 20.8 Å². The molecule has 0 atom stereocenters. The van der Waals surface area contributed by atoms with Gasteiger partial charge >= 0.3 is 0 Å². The van der Waals surface area contributed by atoms with Crippen molar-refractivity contribution in [2.45, 2.75) is 26.6 Å². The second-order valence-corrected chi connectivity index (χ2v) is 6.12. The number of nitrogens with one attached hydrogen (secondary N) is 1. The molecule has 130 valence electrons. The van der Waals surface area contributed by atoms with Crippen LogP contribution in [0.5, 0.6) is 5.75 Å². The molecule has 0 aliphatic heterocycles. The van der Waals surface area contributed by atoms with E-state index in [1.807, 2.05) is 37.3 Å². The fourth-order valence-electron chi connectivity index (χ4n) is 2.30. The number of hydrogen-bond acceptors (Lipinski definition) is 5. The lowest BCUT2D eigenvalue weighted by molar-refractivity contribution is 0.306. The second kappa shape index (κ2) is 8.18. The Balaban J connectivity index is 1.63. The van der Waals surface area contributed by atoms with Crippen LogP contribution in [0.3, 0.4) is 0 Å². The van der Waals surface area contributed by atoms with E-state index < -0.39 is 0 Å². The van der Waals surface area contributed by atoms with Crippen molar-refractivity contribution < 1.29 is 4.74 Å². The van der Waals surface area contributed by atoms with E-state index in [0.717, 1.165) is 16.9 Å². The summed E-state index contributed by atoms with van der Waals surface area (Å²) >= 11 is 12.3. The maximum atomic E-state index is 6.17. The third-order valence-corrected chi connectivity index (χ3v) is 4.33. The van der Waals surface area contributed by atoms with E-state index in [0.29, 0.717) is 35.7 Å². The molecule has 6 nitrogen and oxygen atoms in total. The maximum Gasteiger partial charge on any atom is 0.243 e. The minimum Gasteiger partial charge on any atom is -0.489 e. The molecule has 0 aliphatic rings. The van der Waals surface area contributed by atoms with Gasteiger partial charge in [0.15, 0.2) is 0 Å². The van der Waals surface area contributed by atoms with Gasteiger partial charge in [0.1, 0.15) is 12.4 Å². The minimum atomic E-state index is 0.309. The van der Waals surface area contributed by atoms with Crippen LogP contribution in [0.2, 0.25) is 10.0 Å². The van der Waals surface area contributed by atoms with Gasteiger partial charge in [-0.25, -0.2) is 4.68 Å². The molecule has 1 N–H and O–H groups in total. The van der Waals surface area contributed by atoms with E-state index in [1.165, 1.54) is 0 Å². The number of hydrogen-bond donors (Lipinski definition) is 1. The van der Waals surface area contributed by atoms with Crippen LogP contribution in [0.25, 0.3) is 0 Å². The summed E-state index contributed by atoms with van der Waals surface area (Å²) in [4.78, 5) is 0. The quantitative estimate of drug-likeness (QED) is 0.668. The molecule has 25 heavy (non-hydrogen) atoms. The Labute approximate surface area is 155 Å². The van der Waals surface area contributed by atoms with Crippen molar-refractivity contribution in [3.05, 3.63) is 63.6 Å². The predicted molar refractivity (Wildman–Crippen MR) is 98.1 cm³/mol. The maximum absolute atomic E-state index is 6.17. The summed E-state index contributed by atoms with van der Waals surface area (Å²) in [6.07, 6.45) is 0. The molecular formula is C17H17Cl2N5O. The predicted octanol–water partition coefficient (Wildman–Crippen LogP) is 4.19. The van der Waals surface area contributed by atoms with Crippen molar-refractivity contribution in [1.29, 1.82) is 0 Å². The van der Waals surface area contributed by atoms with Gasteiger partial charge in [-0.05, 0) is 47.2 Å². The zero-order valence-corrected chi connectivity index (χ0v) is 15.1. The van der Waals surface area contributed by atoms with Gasteiger partial charge in [-0.3, -0.25) is 0 Å². The highest BCUT2D eigenvalue weighted by molar-refractivity contribution is 6.35. The Bertz CT molecular complexity index is 832. The number of nitrogens with zero attached hydrogens (tertiary/aromatic N) is 4. The SMILES string of the molecule is CCn1nnnc1NCc1cccc(OCc2c(Cl)cccc2Cl)c1. The third kappa shape index (κ3) is 4.41. The molecular weight excluding hydrogens is 361 g/mol. The molecule has 0 unspecified atom stereocenters. The van der Waals surface area contributed by atoms with Crippen LogP contribution < -0.4 is 10.1 Å². The topological polar surface area (TPSA) is 64.9 Å². The average Bonchev–Trinajstić information content (AvgIpc) is 3.07. The molecule has 3 rings (SSSR count). The molecule has 1 heterocycles. The van der Waals surface area contributed by atoms with Gasteiger partial charge in [0.25, 0.3) is 0 Å². The molecule has 0 aliphatic carbocycles. The molecule has 0 spiro atoms. The third-order valence-electron chi connectivity index (χ3n) is 3.63. The van der Waals surface area contributed by atoms with Crippen LogP contribution in [0.1, 0.15) is 18.1 Å². The summed E-state index contributed by atoms with van der Waals surface area (Å²) in [5.41, 5.74) is 1.82. The fraction of sp³-hybridized carbons (Fsp3) is 0.235. The molecule has 8 heteroatoms. The zero-order chi connectivity index (χ0) is 17.6. The summed E-state index contributed by atoms with van der Waals surface area (Å²) in [6.45, 7) is 3.58. The monoisotopic (exact) mass is 377 g/mol. The fourth-order valence-corrected chi connectivity index (χ4v) is 2.80. The van der Waals surface area contributed by atoms with Crippen molar-refractivity contribution >= 4 is 29.2 Å². The lowest BCUT2D eigenvalue weighted by atomic mass is 10.2. The Morgan fingerprint density at radius 2 is 1.88 bits per heavy atom. The van der Waals surface area contributed by atoms with Crippen molar-refractivity contribution in [2.75, 3.05) is 5.32 Å². The van der Waals surface area contributed by atoms with Crippen LogP contribution in [-0.2, 0) is 19.7 Å². The normalized spacial score (nSPS) is 10.7. The molecule has 0 saturated carbocycles. The number of aryl methyl sites for hydroxylation is 1. The molecule has 1 aromatic heterocycles. The molecule has 0 amide bonds. The van der Waals surface area contributed by atoms with Gasteiger partial charge in [-0.15, -0.1) is 0 Å². The Morgan fingerprint density at radius 3 is 2.64 bits per heavy atom. The first-order chi connectivity index (χ1) is 12.2. The number of ether oxygens (including phenoxy) is 1. The van der Waals surface area contributed by atoms with Crippen LogP contribution >= 0.6 is 23.2 Å². The van der Waals surface area contributed by atoms with Gasteiger partial charge in [-0.2, -0.15) is 0 Å². The van der Waals surface area contributed by atoms with Crippen molar-refractivity contribution in [2.24, 2.45) is 0 Å². The van der Waals surface area contributed by atoms with Crippen molar-refractivity contribution in [3.63, 3.8) is 0 Å². The number of aromatic nitrogens is 4. The number of benzene rings is 2. The molecule has 0 bridgehead atoms. The van der Waals surface area contributed by atoms with E-state index in [1.54, 1.807) is 16.8 Å². The summed E-state index contributed by atoms with van der Waals surface area (Å²) in [5, 5.41) is 15.9. The Morgan fingerprint density at radius 1 is 1.12 bits per heavy atom. The second-order valence-electron chi connectivity index (χ2n) is 5.31. The summed E-state index contributed by atoms with van der Waals surface area (Å²) in [7, 11) is 0. The molecule has 0 saturated heterocycles. The number of anilines is 1. The molecule has 3 aromatic rings. The van der Waals surface area contributed by atoms with Crippen LogP contribution in [0, 0.1) is 0 Å². The number of halogens is 2. The van der Waals surface area contributed by atoms with Gasteiger partial charge in [0, 0.05) is 28.7 Å². The lowest BCUT2D eigenvalue weighted by Gasteiger charge is -2.11. The summed E-state index contributed by atoms with van der Waals surface area (Å²) in [6, 6.07) is 13.2. The first-order valence-electron chi connectivity index (χ1n) is 7.82. The van der Waals surface area contributed by atoms with E-state index in [-0.39, 0.29) is 0 Å². The number of tetrazole rings is 1. The minimum absolute atomic E-state index is 0.309. The zero-order valence-electron chi connectivity index (χ0n) is 13.6. The van der Waals surface area contributed by atoms with Crippen molar-refractivity contribution in [1.82, 2.24) is 20.2 Å². The van der Waals surface area contributed by atoms with Gasteiger partial charge in [-0.1, -0.05) is 46.5 Å².